The highest BCUT2D eigenvalue weighted by Gasteiger charge is 2.06. The van der Waals surface area contributed by atoms with Gasteiger partial charge in [-0.2, -0.15) is 0 Å². The lowest BCUT2D eigenvalue weighted by molar-refractivity contribution is 0.0950. The molecule has 0 bridgehead atoms. The van der Waals surface area contributed by atoms with Gasteiger partial charge in [0.05, 0.1) is 12.7 Å². The molecule has 0 saturated heterocycles. The monoisotopic (exact) mass is 362 g/mol. The Labute approximate surface area is 158 Å². The minimum Gasteiger partial charge on any atom is -0.497 e. The molecular weight excluding hydrogens is 340 g/mol. The van der Waals surface area contributed by atoms with Crippen LogP contribution in [0.25, 0.3) is 0 Å². The van der Waals surface area contributed by atoms with Crippen molar-refractivity contribution in [1.82, 2.24) is 15.3 Å². The molecule has 2 N–H and O–H groups in total. The Morgan fingerprint density at radius 1 is 1.04 bits per heavy atom. The Hall–Kier alpha value is -3.41. The number of ether oxygens (including phenoxy) is 1. The van der Waals surface area contributed by atoms with Crippen LogP contribution in [0, 0.1) is 0 Å². The summed E-state index contributed by atoms with van der Waals surface area (Å²) in [6.07, 6.45) is 5.89. The Morgan fingerprint density at radius 3 is 2.56 bits per heavy atom. The fraction of sp³-hybridized carbons (Fsp3) is 0.190. The summed E-state index contributed by atoms with van der Waals surface area (Å²) in [6, 6.07) is 15.3. The lowest BCUT2D eigenvalue weighted by Crippen LogP contribution is -2.23. The molecule has 0 fully saturated rings. The number of nitrogens with one attached hydrogen (secondary N) is 2. The number of hydrogen-bond donors (Lipinski definition) is 2. The second-order valence-electron chi connectivity index (χ2n) is 6.00. The molecule has 0 spiro atoms. The van der Waals surface area contributed by atoms with Crippen molar-refractivity contribution in [3.8, 4) is 5.75 Å². The fourth-order valence-electron chi connectivity index (χ4n) is 2.55. The molecule has 27 heavy (non-hydrogen) atoms. The molecule has 1 aromatic carbocycles. The molecule has 3 aromatic rings. The highest BCUT2D eigenvalue weighted by atomic mass is 16.5. The second kappa shape index (κ2) is 9.33. The number of benzene rings is 1. The quantitative estimate of drug-likeness (QED) is 0.644. The summed E-state index contributed by atoms with van der Waals surface area (Å²) in [7, 11) is 1.66. The summed E-state index contributed by atoms with van der Waals surface area (Å²) < 4.78 is 5.15. The minimum atomic E-state index is -0.156. The van der Waals surface area contributed by atoms with Gasteiger partial charge in [0.2, 0.25) is 0 Å². The first-order valence-electron chi connectivity index (χ1n) is 8.74. The van der Waals surface area contributed by atoms with E-state index in [0.717, 1.165) is 30.1 Å². The van der Waals surface area contributed by atoms with Crippen molar-refractivity contribution in [2.24, 2.45) is 0 Å². The van der Waals surface area contributed by atoms with Gasteiger partial charge in [-0.3, -0.25) is 9.78 Å². The van der Waals surface area contributed by atoms with Crippen molar-refractivity contribution in [1.29, 1.82) is 0 Å². The minimum absolute atomic E-state index is 0.156. The maximum atomic E-state index is 12.2. The first-order valence-corrected chi connectivity index (χ1v) is 8.74. The number of rotatable bonds is 8. The largest absolute Gasteiger partial charge is 0.497 e. The summed E-state index contributed by atoms with van der Waals surface area (Å²) in [5, 5.41) is 6.12. The molecule has 1 amide bonds. The number of carbonyl (C=O) groups excluding carboxylic acids is 1. The van der Waals surface area contributed by atoms with Gasteiger partial charge in [-0.1, -0.05) is 18.2 Å². The Morgan fingerprint density at radius 2 is 1.89 bits per heavy atom. The van der Waals surface area contributed by atoms with Gasteiger partial charge in [0.25, 0.3) is 5.91 Å². The number of methoxy groups -OCH3 is 1. The Kier molecular flexibility index (Phi) is 6.35. The van der Waals surface area contributed by atoms with Gasteiger partial charge < -0.3 is 15.4 Å². The maximum absolute atomic E-state index is 12.2. The molecular formula is C21H22N4O2. The van der Waals surface area contributed by atoms with Crippen molar-refractivity contribution >= 4 is 11.7 Å². The van der Waals surface area contributed by atoms with Crippen LogP contribution in [0.15, 0.2) is 67.1 Å². The fourth-order valence-corrected chi connectivity index (χ4v) is 2.55. The number of carbonyl (C=O) groups is 1. The lowest BCUT2D eigenvalue weighted by Gasteiger charge is -2.08. The van der Waals surface area contributed by atoms with Crippen LogP contribution in [0.2, 0.25) is 0 Å². The van der Waals surface area contributed by atoms with Crippen LogP contribution >= 0.6 is 0 Å². The number of amides is 1. The Balaban J connectivity index is 1.45. The molecule has 3 rings (SSSR count). The van der Waals surface area contributed by atoms with E-state index >= 15 is 0 Å². The predicted molar refractivity (Wildman–Crippen MR) is 105 cm³/mol. The standard InChI is InChI=1S/C21H22N4O2/c1-27-19-7-4-16(5-8-19)10-12-23-20-9-6-18(15-24-20)21(26)25-14-17-3-2-11-22-13-17/h2-9,11,13,15H,10,12,14H2,1H3,(H,23,24)(H,25,26). The summed E-state index contributed by atoms with van der Waals surface area (Å²) in [6.45, 7) is 1.19. The van der Waals surface area contributed by atoms with E-state index in [2.05, 4.69) is 20.6 Å². The first kappa shape index (κ1) is 18.4. The molecule has 0 aliphatic carbocycles. The average molecular weight is 362 g/mol. The number of pyridine rings is 2. The van der Waals surface area contributed by atoms with Crippen LogP contribution in [0.5, 0.6) is 5.75 Å². The molecule has 2 heterocycles. The van der Waals surface area contributed by atoms with Crippen molar-refractivity contribution in [2.45, 2.75) is 13.0 Å². The summed E-state index contributed by atoms with van der Waals surface area (Å²) in [5.74, 6) is 1.44. The molecule has 0 atom stereocenters. The van der Waals surface area contributed by atoms with Gasteiger partial charge in [0.15, 0.2) is 0 Å². The topological polar surface area (TPSA) is 76.1 Å². The van der Waals surface area contributed by atoms with E-state index in [1.807, 2.05) is 42.5 Å². The van der Waals surface area contributed by atoms with E-state index in [1.165, 1.54) is 5.56 Å². The zero-order chi connectivity index (χ0) is 18.9. The van der Waals surface area contributed by atoms with Crippen LogP contribution < -0.4 is 15.4 Å². The first-order chi connectivity index (χ1) is 13.2. The van der Waals surface area contributed by atoms with Crippen molar-refractivity contribution in [2.75, 3.05) is 19.0 Å². The second-order valence-corrected chi connectivity index (χ2v) is 6.00. The zero-order valence-electron chi connectivity index (χ0n) is 15.2. The predicted octanol–water partition coefficient (Wildman–Crippen LogP) is 3.07. The third-order valence-corrected chi connectivity index (χ3v) is 4.08. The number of hydrogen-bond acceptors (Lipinski definition) is 5. The van der Waals surface area contributed by atoms with Crippen LogP contribution in [0.1, 0.15) is 21.5 Å². The smallest absolute Gasteiger partial charge is 0.253 e. The molecule has 2 aromatic heterocycles. The average Bonchev–Trinajstić information content (AvgIpc) is 2.74. The van der Waals surface area contributed by atoms with Crippen LogP contribution in [0.4, 0.5) is 5.82 Å². The molecule has 0 aliphatic heterocycles. The van der Waals surface area contributed by atoms with E-state index in [0.29, 0.717) is 12.1 Å². The van der Waals surface area contributed by atoms with E-state index in [9.17, 15) is 4.79 Å². The van der Waals surface area contributed by atoms with Gasteiger partial charge >= 0.3 is 0 Å². The van der Waals surface area contributed by atoms with Crippen molar-refractivity contribution in [3.63, 3.8) is 0 Å². The van der Waals surface area contributed by atoms with Gasteiger partial charge in [0, 0.05) is 31.7 Å². The molecule has 6 nitrogen and oxygen atoms in total. The van der Waals surface area contributed by atoms with Gasteiger partial charge in [-0.05, 0) is 47.9 Å². The van der Waals surface area contributed by atoms with E-state index in [4.69, 9.17) is 4.74 Å². The maximum Gasteiger partial charge on any atom is 0.253 e. The number of aromatic nitrogens is 2. The normalized spacial score (nSPS) is 10.3. The third-order valence-electron chi connectivity index (χ3n) is 4.08. The van der Waals surface area contributed by atoms with Crippen LogP contribution in [-0.4, -0.2) is 29.5 Å². The van der Waals surface area contributed by atoms with Crippen LogP contribution in [-0.2, 0) is 13.0 Å². The molecule has 0 saturated carbocycles. The molecule has 0 aliphatic rings. The Bertz CT molecular complexity index is 850. The van der Waals surface area contributed by atoms with Crippen molar-refractivity contribution in [3.05, 3.63) is 83.8 Å². The number of nitrogens with zero attached hydrogens (tertiary/aromatic N) is 2. The van der Waals surface area contributed by atoms with E-state index < -0.39 is 0 Å². The molecule has 6 heteroatoms. The summed E-state index contributed by atoms with van der Waals surface area (Å²) >= 11 is 0. The van der Waals surface area contributed by atoms with E-state index in [-0.39, 0.29) is 5.91 Å². The zero-order valence-corrected chi connectivity index (χ0v) is 15.2. The van der Waals surface area contributed by atoms with Gasteiger partial charge in [-0.25, -0.2) is 4.98 Å². The lowest BCUT2D eigenvalue weighted by atomic mass is 10.1. The van der Waals surface area contributed by atoms with Gasteiger partial charge in [-0.15, -0.1) is 0 Å². The van der Waals surface area contributed by atoms with Gasteiger partial charge in [0.1, 0.15) is 11.6 Å². The van der Waals surface area contributed by atoms with Crippen LogP contribution in [0.3, 0.4) is 0 Å². The van der Waals surface area contributed by atoms with Crippen molar-refractivity contribution < 1.29 is 9.53 Å². The SMILES string of the molecule is COc1ccc(CCNc2ccc(C(=O)NCc3cccnc3)cn2)cc1. The third kappa shape index (κ3) is 5.54. The highest BCUT2D eigenvalue weighted by Crippen LogP contribution is 2.12. The number of anilines is 1. The molecule has 138 valence electrons. The summed E-state index contributed by atoms with van der Waals surface area (Å²) in [5.41, 5.74) is 2.70. The molecule has 0 unspecified atom stereocenters. The highest BCUT2D eigenvalue weighted by molar-refractivity contribution is 5.93. The van der Waals surface area contributed by atoms with E-state index in [1.54, 1.807) is 31.8 Å². The summed E-state index contributed by atoms with van der Waals surface area (Å²) in [4.78, 5) is 20.5. The molecule has 0 radical (unpaired) electrons.